The van der Waals surface area contributed by atoms with Gasteiger partial charge in [-0.25, -0.2) is 4.98 Å². The van der Waals surface area contributed by atoms with Gasteiger partial charge >= 0.3 is 6.18 Å². The maximum Gasteiger partial charge on any atom is 0.449 e. The van der Waals surface area contributed by atoms with E-state index in [-0.39, 0.29) is 5.65 Å². The number of aliphatic hydroxyl groups is 1. The second-order valence-corrected chi connectivity index (χ2v) is 6.59. The summed E-state index contributed by atoms with van der Waals surface area (Å²) in [6, 6.07) is 11.6. The van der Waals surface area contributed by atoms with Crippen LogP contribution in [-0.4, -0.2) is 25.9 Å². The lowest BCUT2D eigenvalue weighted by Gasteiger charge is -2.03. The number of rotatable bonds is 2. The first-order valence-corrected chi connectivity index (χ1v) is 8.56. The van der Waals surface area contributed by atoms with Crippen molar-refractivity contribution in [2.75, 3.05) is 0 Å². The van der Waals surface area contributed by atoms with Crippen LogP contribution in [0.5, 0.6) is 0 Å². The molecule has 4 rings (SSSR count). The maximum absolute atomic E-state index is 12.7. The smallest absolute Gasteiger partial charge is 0.449 e. The summed E-state index contributed by atoms with van der Waals surface area (Å²) in [6.45, 7) is 0. The zero-order valence-corrected chi connectivity index (χ0v) is 14.3. The Kier molecular flexibility index (Phi) is 3.96. The first-order chi connectivity index (χ1) is 12.9. The fourth-order valence-corrected chi connectivity index (χ4v) is 3.58. The Bertz CT molecular complexity index is 1250. The minimum Gasteiger partial charge on any atom is -0.504 e. The van der Waals surface area contributed by atoms with Gasteiger partial charge in [-0.1, -0.05) is 30.3 Å². The molecule has 9 heteroatoms. The summed E-state index contributed by atoms with van der Waals surface area (Å²) in [4.78, 5) is 17.0. The molecule has 0 amide bonds. The number of halogens is 3. The third-order valence-electron chi connectivity index (χ3n) is 3.98. The highest BCUT2D eigenvalue weighted by Gasteiger charge is 2.35. The predicted octanol–water partition coefficient (Wildman–Crippen LogP) is 3.43. The number of fused-ring (bicyclic) bond motifs is 1. The summed E-state index contributed by atoms with van der Waals surface area (Å²) in [6.07, 6.45) is -2.95. The first-order valence-electron chi connectivity index (χ1n) is 7.68. The normalized spacial score (nSPS) is 13.1. The van der Waals surface area contributed by atoms with Gasteiger partial charge in [0, 0.05) is 11.1 Å². The molecule has 0 aliphatic heterocycles. The average Bonchev–Trinajstić information content (AvgIpc) is 3.28. The molecule has 0 unspecified atom stereocenters. The van der Waals surface area contributed by atoms with E-state index in [1.807, 2.05) is 41.8 Å². The summed E-state index contributed by atoms with van der Waals surface area (Å²) in [5.74, 6) is -1.98. The number of hydrogen-bond acceptors (Lipinski definition) is 5. The molecule has 0 fully saturated rings. The molecular formula is C18H10F3N3O2S. The van der Waals surface area contributed by atoms with E-state index in [0.29, 0.717) is 5.56 Å². The summed E-state index contributed by atoms with van der Waals surface area (Å²) in [7, 11) is 0. The highest BCUT2D eigenvalue weighted by Crippen LogP contribution is 2.33. The minimum absolute atomic E-state index is 0.125. The Morgan fingerprint density at radius 1 is 1.11 bits per heavy atom. The van der Waals surface area contributed by atoms with Gasteiger partial charge < -0.3 is 5.11 Å². The molecule has 0 aliphatic rings. The molecule has 0 atom stereocenters. The van der Waals surface area contributed by atoms with Crippen LogP contribution in [-0.2, 0) is 0 Å². The molecule has 136 valence electrons. The van der Waals surface area contributed by atoms with E-state index in [0.717, 1.165) is 26.7 Å². The van der Waals surface area contributed by atoms with Crippen molar-refractivity contribution in [1.29, 1.82) is 0 Å². The van der Waals surface area contributed by atoms with Crippen LogP contribution in [0.25, 0.3) is 33.0 Å². The van der Waals surface area contributed by atoms with Crippen LogP contribution in [0.3, 0.4) is 0 Å². The van der Waals surface area contributed by atoms with Crippen LogP contribution in [0.15, 0.2) is 59.0 Å². The van der Waals surface area contributed by atoms with Crippen molar-refractivity contribution in [3.63, 3.8) is 0 Å². The second kappa shape index (κ2) is 6.20. The van der Waals surface area contributed by atoms with E-state index >= 15 is 0 Å². The zero-order valence-electron chi connectivity index (χ0n) is 13.4. The number of thiophene rings is 1. The number of benzene rings is 1. The van der Waals surface area contributed by atoms with Gasteiger partial charge in [0.15, 0.2) is 5.65 Å². The summed E-state index contributed by atoms with van der Waals surface area (Å²) >= 11 is 1.41. The monoisotopic (exact) mass is 389 g/mol. The van der Waals surface area contributed by atoms with Crippen molar-refractivity contribution in [2.45, 2.75) is 6.18 Å². The van der Waals surface area contributed by atoms with Gasteiger partial charge in [0.25, 0.3) is 5.56 Å². The Morgan fingerprint density at radius 3 is 2.56 bits per heavy atom. The molecule has 5 nitrogen and oxygen atoms in total. The van der Waals surface area contributed by atoms with Gasteiger partial charge in [-0.2, -0.15) is 22.8 Å². The van der Waals surface area contributed by atoms with Gasteiger partial charge in [-0.05, 0) is 22.6 Å². The molecule has 0 bridgehead atoms. The fraction of sp³-hybridized carbons (Fsp3) is 0.0556. The van der Waals surface area contributed by atoms with Crippen molar-refractivity contribution in [3.8, 4) is 21.6 Å². The van der Waals surface area contributed by atoms with Crippen LogP contribution in [0, 0.1) is 0 Å². The number of hydrogen-bond donors (Lipinski definition) is 1. The largest absolute Gasteiger partial charge is 0.504 e. The Morgan fingerprint density at radius 2 is 1.85 bits per heavy atom. The minimum atomic E-state index is -5.04. The highest BCUT2D eigenvalue weighted by molar-refractivity contribution is 7.14. The third kappa shape index (κ3) is 2.95. The molecule has 0 saturated heterocycles. The number of alkyl halides is 3. The van der Waals surface area contributed by atoms with Gasteiger partial charge in [-0.15, -0.1) is 11.3 Å². The summed E-state index contributed by atoms with van der Waals surface area (Å²) < 4.78 is 38.8. The molecule has 3 heterocycles. The number of aromatic nitrogens is 3. The van der Waals surface area contributed by atoms with Crippen molar-refractivity contribution in [1.82, 2.24) is 14.6 Å². The van der Waals surface area contributed by atoms with Crippen LogP contribution >= 0.6 is 11.3 Å². The average molecular weight is 389 g/mol. The van der Waals surface area contributed by atoms with Crippen LogP contribution in [0.2, 0.25) is 0 Å². The Balaban J connectivity index is 1.85. The van der Waals surface area contributed by atoms with E-state index in [1.165, 1.54) is 17.5 Å². The number of aliphatic hydroxyl groups excluding tert-OH is 1. The van der Waals surface area contributed by atoms with Crippen LogP contribution in [0.1, 0.15) is 0 Å². The maximum atomic E-state index is 12.7. The third-order valence-corrected chi connectivity index (χ3v) is 4.94. The van der Waals surface area contributed by atoms with E-state index in [2.05, 4.69) is 10.1 Å². The summed E-state index contributed by atoms with van der Waals surface area (Å²) in [5, 5.41) is 14.1. The van der Waals surface area contributed by atoms with Crippen molar-refractivity contribution in [3.05, 3.63) is 69.7 Å². The molecule has 0 aliphatic carbocycles. The van der Waals surface area contributed by atoms with E-state index < -0.39 is 22.7 Å². The van der Waals surface area contributed by atoms with Crippen LogP contribution < -0.4 is 10.8 Å². The van der Waals surface area contributed by atoms with Crippen molar-refractivity contribution < 1.29 is 18.3 Å². The first kappa shape index (κ1) is 17.2. The molecule has 3 aromatic heterocycles. The van der Waals surface area contributed by atoms with E-state index in [1.54, 1.807) is 0 Å². The Hall–Kier alpha value is -3.20. The molecule has 1 N–H and O–H groups in total. The molecule has 1 aromatic carbocycles. The molecule has 4 aromatic rings. The highest BCUT2D eigenvalue weighted by atomic mass is 32.1. The number of nitrogens with zero attached hydrogens (tertiary/aromatic N) is 3. The van der Waals surface area contributed by atoms with Gasteiger partial charge in [0.2, 0.25) is 5.76 Å². The second-order valence-electron chi connectivity index (χ2n) is 5.68. The molecular weight excluding hydrogens is 379 g/mol. The standard InChI is InChI=1S/C18H10F3N3O2S/c19-18(20,21)15(25)13-7-22-16-12(8-23-24(16)17(13)26)14-6-11(9-27-14)10-4-2-1-3-5-10/h1-9,25H. The zero-order chi connectivity index (χ0) is 19.2. The lowest BCUT2D eigenvalue weighted by Crippen LogP contribution is -2.37. The molecule has 0 radical (unpaired) electrons. The van der Waals surface area contributed by atoms with Crippen molar-refractivity contribution >= 4 is 22.7 Å². The topological polar surface area (TPSA) is 67.5 Å². The molecule has 0 spiro atoms. The molecule has 27 heavy (non-hydrogen) atoms. The van der Waals surface area contributed by atoms with Gasteiger partial charge in [-0.3, -0.25) is 4.79 Å². The fourth-order valence-electron chi connectivity index (χ4n) is 2.66. The Labute approximate surface area is 153 Å². The summed E-state index contributed by atoms with van der Waals surface area (Å²) in [5.41, 5.74) is 1.55. The SMILES string of the molecule is O=c1c(=C(O)C(F)(F)F)cnc2c(-c3cc(-c4ccccc4)cs3)cnn12. The molecule has 0 saturated carbocycles. The predicted molar refractivity (Wildman–Crippen MR) is 95.3 cm³/mol. The van der Waals surface area contributed by atoms with Crippen LogP contribution in [0.4, 0.5) is 13.2 Å². The van der Waals surface area contributed by atoms with Gasteiger partial charge in [0.1, 0.15) is 5.22 Å². The lowest BCUT2D eigenvalue weighted by atomic mass is 10.1. The quantitative estimate of drug-likeness (QED) is 0.570. The van der Waals surface area contributed by atoms with E-state index in [4.69, 9.17) is 0 Å². The van der Waals surface area contributed by atoms with E-state index in [9.17, 15) is 23.1 Å². The van der Waals surface area contributed by atoms with Gasteiger partial charge in [0.05, 0.1) is 11.8 Å². The lowest BCUT2D eigenvalue weighted by molar-refractivity contribution is -0.0897. The van der Waals surface area contributed by atoms with Crippen molar-refractivity contribution in [2.24, 2.45) is 0 Å².